The molecule has 2 aromatic heterocycles. The largest absolute Gasteiger partial charge is 0.383 e. The van der Waals surface area contributed by atoms with Crippen LogP contribution in [0.4, 0.5) is 5.82 Å². The summed E-state index contributed by atoms with van der Waals surface area (Å²) in [7, 11) is 0. The van der Waals surface area contributed by atoms with Crippen LogP contribution < -0.4 is 5.73 Å². The maximum absolute atomic E-state index is 5.69. The number of anilines is 1. The fourth-order valence-electron chi connectivity index (χ4n) is 1.12. The zero-order valence-corrected chi connectivity index (χ0v) is 7.94. The van der Waals surface area contributed by atoms with Gasteiger partial charge in [-0.2, -0.15) is 0 Å². The molecule has 0 saturated heterocycles. The van der Waals surface area contributed by atoms with Gasteiger partial charge in [0.05, 0.1) is 5.69 Å². The van der Waals surface area contributed by atoms with Gasteiger partial charge in [-0.05, 0) is 29.8 Å². The van der Waals surface area contributed by atoms with Crippen LogP contribution in [0.1, 0.15) is 0 Å². The van der Waals surface area contributed by atoms with Gasteiger partial charge < -0.3 is 5.73 Å². The Morgan fingerprint density at radius 1 is 1.14 bits per heavy atom. The fraction of sp³-hybridized carbons (Fsp3) is 0. The second kappa shape index (κ2) is 3.59. The minimum Gasteiger partial charge on any atom is -0.383 e. The fourth-order valence-corrected chi connectivity index (χ4v) is 1.27. The van der Waals surface area contributed by atoms with E-state index in [1.54, 1.807) is 24.5 Å². The average Bonchev–Trinajstić information content (AvgIpc) is 2.18. The summed E-state index contributed by atoms with van der Waals surface area (Å²) in [6.07, 6.45) is 3.21. The molecule has 2 aromatic rings. The van der Waals surface area contributed by atoms with Gasteiger partial charge in [-0.25, -0.2) is 15.0 Å². The van der Waals surface area contributed by atoms with Crippen LogP contribution in [-0.4, -0.2) is 15.0 Å². The molecule has 0 radical (unpaired) electrons. The molecule has 5 heteroatoms. The van der Waals surface area contributed by atoms with Gasteiger partial charge in [0.1, 0.15) is 5.82 Å². The summed E-state index contributed by atoms with van der Waals surface area (Å²) in [4.78, 5) is 11.8. The number of hydrogen-bond acceptors (Lipinski definition) is 4. The van der Waals surface area contributed by atoms with Crippen molar-refractivity contribution in [2.45, 2.75) is 0 Å². The van der Waals surface area contributed by atoms with E-state index in [2.05, 4.69) is 15.0 Å². The Balaban J connectivity index is 2.55. The van der Waals surface area contributed by atoms with E-state index in [1.165, 1.54) is 0 Å². The molecular formula is C9H7ClN4. The molecule has 14 heavy (non-hydrogen) atoms. The maximum atomic E-state index is 5.69. The van der Waals surface area contributed by atoms with Crippen molar-refractivity contribution in [2.75, 3.05) is 5.73 Å². The van der Waals surface area contributed by atoms with E-state index >= 15 is 0 Å². The van der Waals surface area contributed by atoms with E-state index in [9.17, 15) is 0 Å². The number of nitrogen functional groups attached to an aromatic ring is 1. The second-order valence-corrected chi connectivity index (χ2v) is 2.99. The third kappa shape index (κ3) is 1.65. The summed E-state index contributed by atoms with van der Waals surface area (Å²) in [5, 5.41) is 0.200. The maximum Gasteiger partial charge on any atom is 0.222 e. The molecule has 0 aliphatic heterocycles. The van der Waals surface area contributed by atoms with Crippen LogP contribution in [0, 0.1) is 0 Å². The number of nitrogens with zero attached hydrogens (tertiary/aromatic N) is 3. The van der Waals surface area contributed by atoms with Crippen molar-refractivity contribution in [3.05, 3.63) is 35.9 Å². The quantitative estimate of drug-likeness (QED) is 0.723. The minimum absolute atomic E-state index is 0.200. The predicted molar refractivity (Wildman–Crippen MR) is 54.7 cm³/mol. The Bertz CT molecular complexity index is 458. The molecular weight excluding hydrogens is 200 g/mol. The summed E-state index contributed by atoms with van der Waals surface area (Å²) in [6, 6.07) is 5.36. The first-order valence-electron chi connectivity index (χ1n) is 3.97. The average molecular weight is 207 g/mol. The topological polar surface area (TPSA) is 64.7 Å². The van der Waals surface area contributed by atoms with Gasteiger partial charge in [0.15, 0.2) is 0 Å². The number of pyridine rings is 1. The van der Waals surface area contributed by atoms with Gasteiger partial charge in [-0.15, -0.1) is 0 Å². The molecule has 2 N–H and O–H groups in total. The van der Waals surface area contributed by atoms with Crippen LogP contribution in [0.5, 0.6) is 0 Å². The highest BCUT2D eigenvalue weighted by Crippen LogP contribution is 2.21. The van der Waals surface area contributed by atoms with Crippen molar-refractivity contribution in [1.29, 1.82) is 0 Å². The van der Waals surface area contributed by atoms with E-state index in [4.69, 9.17) is 17.3 Å². The molecule has 0 unspecified atom stereocenters. The Hall–Kier alpha value is -1.68. The van der Waals surface area contributed by atoms with Gasteiger partial charge in [0.2, 0.25) is 5.28 Å². The van der Waals surface area contributed by atoms with Crippen LogP contribution >= 0.6 is 11.6 Å². The molecule has 70 valence electrons. The van der Waals surface area contributed by atoms with Crippen molar-refractivity contribution in [2.24, 2.45) is 0 Å². The lowest BCUT2D eigenvalue weighted by Crippen LogP contribution is -1.95. The normalized spacial score (nSPS) is 10.1. The van der Waals surface area contributed by atoms with Gasteiger partial charge in [0, 0.05) is 18.0 Å². The lowest BCUT2D eigenvalue weighted by molar-refractivity contribution is 1.17. The van der Waals surface area contributed by atoms with Gasteiger partial charge in [0.25, 0.3) is 0 Å². The first-order valence-corrected chi connectivity index (χ1v) is 4.34. The Labute approximate surface area is 85.8 Å². The van der Waals surface area contributed by atoms with Crippen molar-refractivity contribution >= 4 is 17.4 Å². The molecule has 2 rings (SSSR count). The third-order valence-corrected chi connectivity index (χ3v) is 1.92. The lowest BCUT2D eigenvalue weighted by Gasteiger charge is -2.02. The number of aromatic nitrogens is 3. The highest BCUT2D eigenvalue weighted by Gasteiger charge is 2.04. The van der Waals surface area contributed by atoms with Crippen LogP contribution in [0.25, 0.3) is 11.3 Å². The van der Waals surface area contributed by atoms with E-state index in [0.29, 0.717) is 11.5 Å². The van der Waals surface area contributed by atoms with Crippen LogP contribution in [-0.2, 0) is 0 Å². The van der Waals surface area contributed by atoms with Gasteiger partial charge in [-0.3, -0.25) is 0 Å². The molecule has 0 bridgehead atoms. The summed E-state index contributed by atoms with van der Waals surface area (Å²) in [5.41, 5.74) is 7.13. The molecule has 4 nitrogen and oxygen atoms in total. The summed E-state index contributed by atoms with van der Waals surface area (Å²) in [5.74, 6) is 0.433. The van der Waals surface area contributed by atoms with Gasteiger partial charge in [-0.1, -0.05) is 0 Å². The highest BCUT2D eigenvalue weighted by atomic mass is 35.5. The lowest BCUT2D eigenvalue weighted by atomic mass is 10.2. The van der Waals surface area contributed by atoms with Crippen molar-refractivity contribution < 1.29 is 0 Å². The Morgan fingerprint density at radius 2 is 2.00 bits per heavy atom. The molecule has 0 fully saturated rings. The molecule has 2 heterocycles. The van der Waals surface area contributed by atoms with Crippen LogP contribution in [0.2, 0.25) is 5.28 Å². The second-order valence-electron chi connectivity index (χ2n) is 2.65. The Morgan fingerprint density at radius 3 is 2.71 bits per heavy atom. The van der Waals surface area contributed by atoms with Crippen molar-refractivity contribution in [1.82, 2.24) is 15.0 Å². The Kier molecular flexibility index (Phi) is 2.28. The highest BCUT2D eigenvalue weighted by molar-refractivity contribution is 6.28. The van der Waals surface area contributed by atoms with Crippen molar-refractivity contribution in [3.63, 3.8) is 0 Å². The van der Waals surface area contributed by atoms with E-state index in [-0.39, 0.29) is 5.28 Å². The van der Waals surface area contributed by atoms with E-state index in [0.717, 1.165) is 5.56 Å². The zero-order valence-electron chi connectivity index (χ0n) is 7.18. The van der Waals surface area contributed by atoms with Crippen LogP contribution in [0.3, 0.4) is 0 Å². The summed E-state index contributed by atoms with van der Waals surface area (Å²) >= 11 is 5.66. The predicted octanol–water partition coefficient (Wildman–Crippen LogP) is 1.77. The number of nitrogens with two attached hydrogens (primary N) is 1. The summed E-state index contributed by atoms with van der Waals surface area (Å²) in [6.45, 7) is 0. The molecule has 0 amide bonds. The SMILES string of the molecule is Nc1ncccc1-c1ccnc(Cl)n1. The monoisotopic (exact) mass is 206 g/mol. The first-order chi connectivity index (χ1) is 6.77. The molecule has 0 aliphatic rings. The molecule has 0 aliphatic carbocycles. The van der Waals surface area contributed by atoms with E-state index < -0.39 is 0 Å². The molecule has 0 aromatic carbocycles. The number of hydrogen-bond donors (Lipinski definition) is 1. The molecule has 0 saturated carbocycles. The first kappa shape index (κ1) is 8.90. The summed E-state index contributed by atoms with van der Waals surface area (Å²) < 4.78 is 0. The standard InChI is InChI=1S/C9H7ClN4/c10-9-13-5-3-7(14-9)6-2-1-4-12-8(6)11/h1-5H,(H2,11,12). The molecule has 0 atom stereocenters. The van der Waals surface area contributed by atoms with Crippen LogP contribution in [0.15, 0.2) is 30.6 Å². The number of halogens is 1. The number of rotatable bonds is 1. The molecule has 0 spiro atoms. The smallest absolute Gasteiger partial charge is 0.222 e. The van der Waals surface area contributed by atoms with Crippen molar-refractivity contribution in [3.8, 4) is 11.3 Å². The van der Waals surface area contributed by atoms with E-state index in [1.807, 2.05) is 6.07 Å². The third-order valence-electron chi connectivity index (χ3n) is 1.74. The van der Waals surface area contributed by atoms with Gasteiger partial charge >= 0.3 is 0 Å². The minimum atomic E-state index is 0.200. The zero-order chi connectivity index (χ0) is 9.97.